The van der Waals surface area contributed by atoms with Crippen LogP contribution in [0.2, 0.25) is 0 Å². The zero-order chi connectivity index (χ0) is 17.3. The number of nitrogens with zero attached hydrogens (tertiary/aromatic N) is 2. The highest BCUT2D eigenvalue weighted by molar-refractivity contribution is 7.89. The van der Waals surface area contributed by atoms with Crippen molar-refractivity contribution in [1.29, 1.82) is 0 Å². The van der Waals surface area contributed by atoms with Crippen LogP contribution in [0.25, 0.3) is 11.1 Å². The lowest BCUT2D eigenvalue weighted by atomic mass is 10.3. The Balaban J connectivity index is 1.86. The third kappa shape index (κ3) is 3.02. The number of carbonyl (C=O) groups is 1. The lowest BCUT2D eigenvalue weighted by Crippen LogP contribution is -2.37. The number of aromatic nitrogens is 1. The zero-order valence-electron chi connectivity index (χ0n) is 13.0. The number of hydrogen-bond acceptors (Lipinski definition) is 6. The Labute approximate surface area is 137 Å². The van der Waals surface area contributed by atoms with E-state index in [9.17, 15) is 18.0 Å². The van der Waals surface area contributed by atoms with E-state index >= 15 is 0 Å². The molecular formula is C14H17N3O6S. The maximum atomic E-state index is 12.8. The fourth-order valence-corrected chi connectivity index (χ4v) is 4.18. The van der Waals surface area contributed by atoms with Crippen molar-refractivity contribution < 1.29 is 22.4 Å². The first-order valence-electron chi connectivity index (χ1n) is 7.38. The van der Waals surface area contributed by atoms with E-state index < -0.39 is 21.9 Å². The normalized spacial score (nSPS) is 17.0. The average molecular weight is 355 g/mol. The van der Waals surface area contributed by atoms with Crippen LogP contribution in [0.3, 0.4) is 0 Å². The van der Waals surface area contributed by atoms with Crippen LogP contribution in [0.5, 0.6) is 0 Å². The molecule has 0 bridgehead atoms. The highest BCUT2D eigenvalue weighted by atomic mass is 32.2. The van der Waals surface area contributed by atoms with Gasteiger partial charge in [0.05, 0.1) is 17.5 Å². The Hall–Kier alpha value is -2.33. The van der Waals surface area contributed by atoms with Crippen LogP contribution in [0, 0.1) is 0 Å². The van der Waals surface area contributed by atoms with Gasteiger partial charge in [-0.3, -0.25) is 4.98 Å². The van der Waals surface area contributed by atoms with Gasteiger partial charge in [0.25, 0.3) is 0 Å². The molecule has 1 N–H and O–H groups in total. The van der Waals surface area contributed by atoms with Crippen molar-refractivity contribution in [2.75, 3.05) is 33.3 Å². The molecule has 1 aliphatic rings. The van der Waals surface area contributed by atoms with Gasteiger partial charge in [-0.15, -0.1) is 0 Å². The summed E-state index contributed by atoms with van der Waals surface area (Å²) in [6.45, 7) is 1.18. The SMILES string of the molecule is COC(=O)N1CCCN(S(=O)(=O)c2ccc3oc(=O)[nH]c3c2)CC1. The zero-order valence-corrected chi connectivity index (χ0v) is 13.8. The molecule has 0 atom stereocenters. The number of hydrogen-bond donors (Lipinski definition) is 1. The van der Waals surface area contributed by atoms with Gasteiger partial charge in [-0.25, -0.2) is 18.0 Å². The fraction of sp³-hybridized carbons (Fsp3) is 0.429. The maximum Gasteiger partial charge on any atom is 0.417 e. The molecule has 9 nitrogen and oxygen atoms in total. The van der Waals surface area contributed by atoms with E-state index in [0.29, 0.717) is 30.6 Å². The molecule has 0 radical (unpaired) electrons. The van der Waals surface area contributed by atoms with Crippen molar-refractivity contribution in [1.82, 2.24) is 14.2 Å². The van der Waals surface area contributed by atoms with E-state index in [1.807, 2.05) is 0 Å². The molecule has 1 aromatic carbocycles. The first-order chi connectivity index (χ1) is 11.4. The Bertz CT molecular complexity index is 916. The predicted molar refractivity (Wildman–Crippen MR) is 84.2 cm³/mol. The number of carbonyl (C=O) groups excluding carboxylic acids is 1. The molecule has 3 rings (SSSR count). The molecule has 0 spiro atoms. The molecular weight excluding hydrogens is 338 g/mol. The first kappa shape index (κ1) is 16.5. The lowest BCUT2D eigenvalue weighted by molar-refractivity contribution is 0.126. The summed E-state index contributed by atoms with van der Waals surface area (Å²) >= 11 is 0. The summed E-state index contributed by atoms with van der Waals surface area (Å²) in [5.41, 5.74) is 0.624. The summed E-state index contributed by atoms with van der Waals surface area (Å²) in [6.07, 6.45) is 0.0469. The smallest absolute Gasteiger partial charge is 0.417 e. The summed E-state index contributed by atoms with van der Waals surface area (Å²) in [5, 5.41) is 0. The monoisotopic (exact) mass is 355 g/mol. The molecule has 1 saturated heterocycles. The topological polar surface area (TPSA) is 113 Å². The van der Waals surface area contributed by atoms with Crippen LogP contribution in [0.1, 0.15) is 6.42 Å². The Morgan fingerprint density at radius 3 is 2.79 bits per heavy atom. The highest BCUT2D eigenvalue weighted by Crippen LogP contribution is 2.21. The van der Waals surface area contributed by atoms with Crippen molar-refractivity contribution in [3.8, 4) is 0 Å². The van der Waals surface area contributed by atoms with E-state index in [1.54, 1.807) is 0 Å². The molecule has 10 heteroatoms. The Morgan fingerprint density at radius 2 is 2.04 bits per heavy atom. The van der Waals surface area contributed by atoms with E-state index in [1.165, 1.54) is 34.5 Å². The summed E-state index contributed by atoms with van der Waals surface area (Å²) in [6, 6.07) is 4.22. The van der Waals surface area contributed by atoms with E-state index in [2.05, 4.69) is 9.72 Å². The largest absolute Gasteiger partial charge is 0.453 e. The molecule has 2 heterocycles. The minimum atomic E-state index is -3.73. The van der Waals surface area contributed by atoms with Gasteiger partial charge in [0.1, 0.15) is 0 Å². The number of nitrogens with one attached hydrogen (secondary N) is 1. The summed E-state index contributed by atoms with van der Waals surface area (Å²) in [4.78, 5) is 26.8. The number of aromatic amines is 1. The molecule has 0 aliphatic carbocycles. The number of rotatable bonds is 2. The molecule has 1 fully saturated rings. The van der Waals surface area contributed by atoms with E-state index in [0.717, 1.165) is 0 Å². The summed E-state index contributed by atoms with van der Waals surface area (Å²) in [5.74, 6) is -0.636. The number of benzene rings is 1. The van der Waals surface area contributed by atoms with Gasteiger partial charge in [0.2, 0.25) is 10.0 Å². The predicted octanol–water partition coefficient (Wildman–Crippen LogP) is 0.584. The van der Waals surface area contributed by atoms with Gasteiger partial charge in [-0.2, -0.15) is 4.31 Å². The van der Waals surface area contributed by atoms with Gasteiger partial charge in [-0.05, 0) is 24.6 Å². The van der Waals surface area contributed by atoms with Gasteiger partial charge in [-0.1, -0.05) is 0 Å². The number of H-pyrrole nitrogens is 1. The van der Waals surface area contributed by atoms with Crippen molar-refractivity contribution in [3.05, 3.63) is 28.7 Å². The van der Waals surface area contributed by atoms with Gasteiger partial charge < -0.3 is 14.1 Å². The van der Waals surface area contributed by atoms with Gasteiger partial charge in [0.15, 0.2) is 5.58 Å². The second-order valence-corrected chi connectivity index (χ2v) is 7.33. The number of methoxy groups -OCH3 is 1. The van der Waals surface area contributed by atoms with Crippen LogP contribution in [-0.4, -0.2) is 62.0 Å². The second kappa shape index (κ2) is 6.29. The van der Waals surface area contributed by atoms with Gasteiger partial charge >= 0.3 is 11.8 Å². The van der Waals surface area contributed by atoms with Gasteiger partial charge in [0, 0.05) is 26.2 Å². The Kier molecular flexibility index (Phi) is 4.33. The number of sulfonamides is 1. The van der Waals surface area contributed by atoms with Crippen molar-refractivity contribution in [2.45, 2.75) is 11.3 Å². The third-order valence-electron chi connectivity index (χ3n) is 3.92. The first-order valence-corrected chi connectivity index (χ1v) is 8.82. The molecule has 1 aliphatic heterocycles. The van der Waals surface area contributed by atoms with Crippen LogP contribution in [-0.2, 0) is 14.8 Å². The number of fused-ring (bicyclic) bond motifs is 1. The molecule has 130 valence electrons. The lowest BCUT2D eigenvalue weighted by Gasteiger charge is -2.21. The molecule has 0 saturated carbocycles. The number of ether oxygens (including phenoxy) is 1. The van der Waals surface area contributed by atoms with E-state index in [-0.39, 0.29) is 18.0 Å². The second-order valence-electron chi connectivity index (χ2n) is 5.39. The van der Waals surface area contributed by atoms with Crippen molar-refractivity contribution in [3.63, 3.8) is 0 Å². The molecule has 1 aromatic heterocycles. The van der Waals surface area contributed by atoms with Crippen LogP contribution in [0.4, 0.5) is 4.79 Å². The highest BCUT2D eigenvalue weighted by Gasteiger charge is 2.28. The van der Waals surface area contributed by atoms with E-state index in [4.69, 9.17) is 4.42 Å². The molecule has 1 amide bonds. The average Bonchev–Trinajstić information content (AvgIpc) is 2.77. The van der Waals surface area contributed by atoms with Crippen molar-refractivity contribution in [2.24, 2.45) is 0 Å². The summed E-state index contributed by atoms with van der Waals surface area (Å²) in [7, 11) is -2.44. The van der Waals surface area contributed by atoms with Crippen molar-refractivity contribution >= 4 is 27.2 Å². The molecule has 0 unspecified atom stereocenters. The molecule has 2 aromatic rings. The standard InChI is InChI=1S/C14H17N3O6S/c1-22-14(19)16-5-2-6-17(8-7-16)24(20,21)10-3-4-12-11(9-10)15-13(18)23-12/h3-4,9H,2,5-8H2,1H3,(H,15,18). The molecule has 24 heavy (non-hydrogen) atoms. The minimum absolute atomic E-state index is 0.0681. The van der Waals surface area contributed by atoms with Crippen LogP contribution in [0.15, 0.2) is 32.3 Å². The Morgan fingerprint density at radius 1 is 1.25 bits per heavy atom. The maximum absolute atomic E-state index is 12.8. The number of oxazole rings is 1. The number of amides is 1. The summed E-state index contributed by atoms with van der Waals surface area (Å²) < 4.78 is 36.5. The third-order valence-corrected chi connectivity index (χ3v) is 5.81. The quantitative estimate of drug-likeness (QED) is 0.843. The van der Waals surface area contributed by atoms with Crippen LogP contribution >= 0.6 is 0 Å². The van der Waals surface area contributed by atoms with Crippen LogP contribution < -0.4 is 5.76 Å². The fourth-order valence-electron chi connectivity index (χ4n) is 2.69. The minimum Gasteiger partial charge on any atom is -0.453 e.